The third-order valence-corrected chi connectivity index (χ3v) is 6.20. The molecule has 1 saturated heterocycles. The Bertz CT molecular complexity index is 843. The summed E-state index contributed by atoms with van der Waals surface area (Å²) < 4.78 is 16.5. The third-order valence-electron chi connectivity index (χ3n) is 5.77. The number of aliphatic hydroxyl groups is 2. The predicted molar refractivity (Wildman–Crippen MR) is 130 cm³/mol. The van der Waals surface area contributed by atoms with E-state index in [1.807, 2.05) is 43.3 Å². The van der Waals surface area contributed by atoms with Crippen molar-refractivity contribution in [1.29, 1.82) is 0 Å². The normalized spacial score (nSPS) is 16.9. The van der Waals surface area contributed by atoms with Crippen LogP contribution in [0.4, 0.5) is 0 Å². The maximum absolute atomic E-state index is 10.3. The van der Waals surface area contributed by atoms with Crippen LogP contribution in [0.15, 0.2) is 42.5 Å². The topological polar surface area (TPSA) is 83.4 Å². The van der Waals surface area contributed by atoms with Gasteiger partial charge in [-0.3, -0.25) is 0 Å². The Morgan fingerprint density at radius 3 is 2.24 bits per heavy atom. The molecule has 1 fully saturated rings. The molecular formula is C25H35ClN2O5. The fourth-order valence-electron chi connectivity index (χ4n) is 3.80. The summed E-state index contributed by atoms with van der Waals surface area (Å²) in [5.41, 5.74) is 0.954. The Hall–Kier alpha value is -2.03. The third kappa shape index (κ3) is 8.68. The lowest BCUT2D eigenvalue weighted by Crippen LogP contribution is -2.47. The molecule has 33 heavy (non-hydrogen) atoms. The first-order chi connectivity index (χ1) is 15.9. The molecule has 0 amide bonds. The summed E-state index contributed by atoms with van der Waals surface area (Å²) >= 11 is 6.03. The molecule has 2 aromatic rings. The van der Waals surface area contributed by atoms with Crippen molar-refractivity contribution in [1.82, 2.24) is 10.2 Å². The number of likely N-dealkylation sites (tertiary alicyclic amines) is 1. The first-order valence-corrected chi connectivity index (χ1v) is 11.8. The molecule has 0 unspecified atom stereocenters. The number of nitrogens with one attached hydrogen (secondary N) is 1. The van der Waals surface area contributed by atoms with E-state index in [-0.39, 0.29) is 13.2 Å². The number of β-amino-alcohol motifs (C(OH)–C–C–N with tert-alkyl or cyclic N) is 1. The second-order valence-corrected chi connectivity index (χ2v) is 8.91. The number of ether oxygens (including phenoxy) is 3. The Labute approximate surface area is 201 Å². The number of nitrogens with zero attached hydrogens (tertiary/aromatic N) is 1. The minimum absolute atomic E-state index is 0.234. The van der Waals surface area contributed by atoms with E-state index in [4.69, 9.17) is 25.8 Å². The number of rotatable bonds is 12. The van der Waals surface area contributed by atoms with Crippen molar-refractivity contribution in [2.45, 2.75) is 38.0 Å². The minimum Gasteiger partial charge on any atom is -0.497 e. The summed E-state index contributed by atoms with van der Waals surface area (Å²) in [6.45, 7) is 5.27. The van der Waals surface area contributed by atoms with E-state index in [1.165, 1.54) is 0 Å². The number of hydrogen-bond donors (Lipinski definition) is 3. The Morgan fingerprint density at radius 1 is 0.970 bits per heavy atom. The van der Waals surface area contributed by atoms with Crippen molar-refractivity contribution in [3.63, 3.8) is 0 Å². The van der Waals surface area contributed by atoms with Gasteiger partial charge in [-0.15, -0.1) is 0 Å². The number of halogens is 1. The average molecular weight is 479 g/mol. The van der Waals surface area contributed by atoms with Crippen LogP contribution in [0.2, 0.25) is 5.02 Å². The van der Waals surface area contributed by atoms with Crippen LogP contribution in [0.3, 0.4) is 0 Å². The van der Waals surface area contributed by atoms with Crippen molar-refractivity contribution in [3.05, 3.63) is 53.1 Å². The van der Waals surface area contributed by atoms with Crippen LogP contribution < -0.4 is 19.5 Å². The molecule has 0 saturated carbocycles. The summed E-state index contributed by atoms with van der Waals surface area (Å²) in [4.78, 5) is 2.25. The molecule has 0 aliphatic carbocycles. The second-order valence-electron chi connectivity index (χ2n) is 8.50. The maximum Gasteiger partial charge on any atom is 0.119 e. The zero-order valence-corrected chi connectivity index (χ0v) is 20.1. The van der Waals surface area contributed by atoms with Crippen molar-refractivity contribution in [2.75, 3.05) is 46.5 Å². The average Bonchev–Trinajstić information content (AvgIpc) is 2.83. The second kappa shape index (κ2) is 13.0. The minimum atomic E-state index is -0.583. The number of aliphatic hydroxyl groups excluding tert-OH is 2. The molecule has 2 aromatic carbocycles. The van der Waals surface area contributed by atoms with Gasteiger partial charge in [-0.1, -0.05) is 11.6 Å². The highest BCUT2D eigenvalue weighted by Crippen LogP contribution is 2.21. The largest absolute Gasteiger partial charge is 0.497 e. The van der Waals surface area contributed by atoms with E-state index in [2.05, 4.69) is 10.2 Å². The number of benzene rings is 2. The molecular weight excluding hydrogens is 444 g/mol. The van der Waals surface area contributed by atoms with E-state index in [1.54, 1.807) is 13.2 Å². The van der Waals surface area contributed by atoms with E-state index in [0.29, 0.717) is 35.7 Å². The Balaban J connectivity index is 1.27. The molecule has 0 spiro atoms. The molecule has 0 bridgehead atoms. The standard InChI is InChI=1S/C25H35ClN2O5/c1-18-13-24(7-8-25(18)26)33-17-21(30)15-28-11-9-19(10-12-28)27-14-20(29)16-32-23-5-3-22(31-2)4-6-23/h3-8,13,19-21,27,29-30H,9-12,14-17H2,1-2H3/t20-,21-/m0/s1. The van der Waals surface area contributed by atoms with Crippen molar-refractivity contribution in [2.24, 2.45) is 0 Å². The molecule has 1 heterocycles. The van der Waals surface area contributed by atoms with E-state index >= 15 is 0 Å². The molecule has 182 valence electrons. The van der Waals surface area contributed by atoms with Crippen LogP contribution in [0, 0.1) is 6.92 Å². The van der Waals surface area contributed by atoms with Gasteiger partial charge in [0.25, 0.3) is 0 Å². The van der Waals surface area contributed by atoms with Gasteiger partial charge < -0.3 is 34.6 Å². The van der Waals surface area contributed by atoms with Crippen LogP contribution in [0.5, 0.6) is 17.2 Å². The molecule has 3 rings (SSSR count). The van der Waals surface area contributed by atoms with Crippen LogP contribution in [0.25, 0.3) is 0 Å². The van der Waals surface area contributed by atoms with Crippen LogP contribution in [-0.4, -0.2) is 79.9 Å². The van der Waals surface area contributed by atoms with Gasteiger partial charge in [0.05, 0.1) is 7.11 Å². The zero-order chi connectivity index (χ0) is 23.6. The van der Waals surface area contributed by atoms with Crippen molar-refractivity contribution in [3.8, 4) is 17.2 Å². The van der Waals surface area contributed by atoms with E-state index in [9.17, 15) is 10.2 Å². The molecule has 7 nitrogen and oxygen atoms in total. The zero-order valence-electron chi connectivity index (χ0n) is 19.4. The first-order valence-electron chi connectivity index (χ1n) is 11.4. The highest BCUT2D eigenvalue weighted by atomic mass is 35.5. The van der Waals surface area contributed by atoms with Crippen LogP contribution in [-0.2, 0) is 0 Å². The Morgan fingerprint density at radius 2 is 1.58 bits per heavy atom. The predicted octanol–water partition coefficient (Wildman–Crippen LogP) is 2.89. The van der Waals surface area contributed by atoms with Gasteiger partial charge in [0.1, 0.15) is 42.7 Å². The monoisotopic (exact) mass is 478 g/mol. The molecule has 0 aromatic heterocycles. The molecule has 0 radical (unpaired) electrons. The van der Waals surface area contributed by atoms with E-state index < -0.39 is 12.2 Å². The molecule has 1 aliphatic rings. The van der Waals surface area contributed by atoms with Crippen molar-refractivity contribution >= 4 is 11.6 Å². The van der Waals surface area contributed by atoms with Crippen LogP contribution in [0.1, 0.15) is 18.4 Å². The lowest BCUT2D eigenvalue weighted by molar-refractivity contribution is 0.0556. The highest BCUT2D eigenvalue weighted by molar-refractivity contribution is 6.31. The SMILES string of the molecule is COc1ccc(OC[C@@H](O)CNC2CCN(C[C@H](O)COc3ccc(Cl)c(C)c3)CC2)cc1. The Kier molecular flexibility index (Phi) is 10.1. The van der Waals surface area contributed by atoms with Gasteiger partial charge in [-0.25, -0.2) is 0 Å². The number of piperidine rings is 1. The lowest BCUT2D eigenvalue weighted by atomic mass is 10.0. The van der Waals surface area contributed by atoms with Crippen LogP contribution >= 0.6 is 11.6 Å². The summed E-state index contributed by atoms with van der Waals surface area (Å²) in [6.07, 6.45) is 0.800. The quantitative estimate of drug-likeness (QED) is 0.432. The number of hydrogen-bond acceptors (Lipinski definition) is 7. The first kappa shape index (κ1) is 25.6. The van der Waals surface area contributed by atoms with E-state index in [0.717, 1.165) is 37.2 Å². The maximum atomic E-state index is 10.3. The number of aryl methyl sites for hydroxylation is 1. The summed E-state index contributed by atoms with van der Waals surface area (Å²) in [7, 11) is 1.62. The summed E-state index contributed by atoms with van der Waals surface area (Å²) in [5.74, 6) is 2.19. The van der Waals surface area contributed by atoms with Gasteiger partial charge in [0, 0.05) is 24.2 Å². The summed E-state index contributed by atoms with van der Waals surface area (Å²) in [5, 5.41) is 24.7. The molecule has 2 atom stereocenters. The van der Waals surface area contributed by atoms with Gasteiger partial charge >= 0.3 is 0 Å². The van der Waals surface area contributed by atoms with Gasteiger partial charge in [-0.05, 0) is 80.9 Å². The summed E-state index contributed by atoms with van der Waals surface area (Å²) in [6, 6.07) is 13.2. The van der Waals surface area contributed by atoms with Crippen molar-refractivity contribution < 1.29 is 24.4 Å². The molecule has 8 heteroatoms. The molecule has 1 aliphatic heterocycles. The van der Waals surface area contributed by atoms with Gasteiger partial charge in [-0.2, -0.15) is 0 Å². The van der Waals surface area contributed by atoms with Gasteiger partial charge in [0.15, 0.2) is 0 Å². The smallest absolute Gasteiger partial charge is 0.119 e. The van der Waals surface area contributed by atoms with Gasteiger partial charge in [0.2, 0.25) is 0 Å². The fraction of sp³-hybridized carbons (Fsp3) is 0.520. The number of methoxy groups -OCH3 is 1. The molecule has 3 N–H and O–H groups in total. The lowest BCUT2D eigenvalue weighted by Gasteiger charge is -2.33. The fourth-order valence-corrected chi connectivity index (χ4v) is 3.91. The highest BCUT2D eigenvalue weighted by Gasteiger charge is 2.21.